The van der Waals surface area contributed by atoms with Crippen LogP contribution in [0.2, 0.25) is 19.6 Å². The summed E-state index contributed by atoms with van der Waals surface area (Å²) in [7, 11) is -1.78. The summed E-state index contributed by atoms with van der Waals surface area (Å²) in [5.41, 5.74) is 7.41. The number of hydrogen-bond donors (Lipinski definition) is 0. The molecule has 0 bridgehead atoms. The molecule has 0 unspecified atom stereocenters. The van der Waals surface area contributed by atoms with Crippen molar-refractivity contribution in [2.75, 3.05) is 0 Å². The topological polar surface area (TPSA) is 38.9 Å². The molecule has 3 aromatic heterocycles. The first-order valence-corrected chi connectivity index (χ1v) is 20.9. The van der Waals surface area contributed by atoms with Crippen molar-refractivity contribution in [3.05, 3.63) is 138 Å². The fourth-order valence-electron chi connectivity index (χ4n) is 6.03. The maximum absolute atomic E-state index is 8.64. The number of aromatic nitrogens is 2. The molecule has 0 amide bonds. The minimum Gasteiger partial charge on any atom is -0.501 e. The number of pyridine rings is 2. The quantitative estimate of drug-likeness (QED) is 0.118. The van der Waals surface area contributed by atoms with Crippen LogP contribution in [0.3, 0.4) is 0 Å². The maximum Gasteiger partial charge on any atom is 0.121 e. The Balaban J connectivity index is 0.000000226. The molecule has 0 aliphatic carbocycles. The molecule has 4 aromatic carbocycles. The summed E-state index contributed by atoms with van der Waals surface area (Å²) in [6, 6.07) is 36.7. The van der Waals surface area contributed by atoms with Crippen LogP contribution >= 0.6 is 0 Å². The minimum atomic E-state index is -2.16. The SMILES string of the molecule is [2H]C([2H])([2H])c1c[c-]c(-c2cc(C([2H])([2H])C(C)C)c([Si](C)(C)C)cn2)cc1.[2H]C([2H])(c1ccnc(-c2[c-]ccc3c2oc2cc(-c4ccccc4)ccc23)c1)C(C)(C)C.[Ir]. The number of hydrogen-bond acceptors (Lipinski definition) is 3. The number of aryl methyl sites for hydroxylation is 1. The molecule has 0 spiro atoms. The van der Waals surface area contributed by atoms with Crippen LogP contribution in [-0.2, 0) is 32.9 Å². The molecule has 7 aromatic rings. The van der Waals surface area contributed by atoms with Crippen molar-refractivity contribution in [1.29, 1.82) is 0 Å². The van der Waals surface area contributed by atoms with Gasteiger partial charge in [0.25, 0.3) is 0 Å². The van der Waals surface area contributed by atoms with Gasteiger partial charge in [-0.15, -0.1) is 53.6 Å². The van der Waals surface area contributed by atoms with Crippen LogP contribution in [0.15, 0.2) is 114 Å². The molecule has 0 aliphatic heterocycles. The maximum atomic E-state index is 8.64. The molecule has 5 heteroatoms. The number of nitrogens with zero attached hydrogens (tertiary/aromatic N) is 2. The van der Waals surface area contributed by atoms with E-state index in [9.17, 15) is 0 Å². The van der Waals surface area contributed by atoms with Gasteiger partial charge < -0.3 is 14.4 Å². The van der Waals surface area contributed by atoms with Crippen LogP contribution < -0.4 is 5.19 Å². The Kier molecular flexibility index (Phi) is 9.47. The van der Waals surface area contributed by atoms with Gasteiger partial charge in [0, 0.05) is 47.5 Å². The summed E-state index contributed by atoms with van der Waals surface area (Å²) in [5.74, 6) is -0.172. The van der Waals surface area contributed by atoms with Crippen molar-refractivity contribution in [3.63, 3.8) is 0 Å². The van der Waals surface area contributed by atoms with Crippen LogP contribution in [0.1, 0.15) is 60.9 Å². The van der Waals surface area contributed by atoms with Gasteiger partial charge in [-0.1, -0.05) is 138 Å². The van der Waals surface area contributed by atoms with E-state index in [1.807, 2.05) is 77.1 Å². The zero-order chi connectivity index (χ0) is 42.4. The van der Waals surface area contributed by atoms with Gasteiger partial charge in [-0.05, 0) is 63.9 Å². The van der Waals surface area contributed by atoms with E-state index in [-0.39, 0.29) is 31.6 Å². The fraction of sp³-hybridized carbons (Fsp3) is 0.277. The first-order chi connectivity index (χ1) is 27.0. The minimum absolute atomic E-state index is 0. The van der Waals surface area contributed by atoms with Gasteiger partial charge in [-0.2, -0.15) is 0 Å². The summed E-state index contributed by atoms with van der Waals surface area (Å²) in [4.78, 5) is 9.07. The van der Waals surface area contributed by atoms with Gasteiger partial charge in [-0.25, -0.2) is 0 Å². The Morgan fingerprint density at radius 2 is 1.63 bits per heavy atom. The zero-order valence-corrected chi connectivity index (χ0v) is 34.5. The molecule has 0 saturated heterocycles. The van der Waals surface area contributed by atoms with Crippen LogP contribution in [0.5, 0.6) is 0 Å². The number of fused-ring (bicyclic) bond motifs is 3. The van der Waals surface area contributed by atoms with Crippen molar-refractivity contribution in [2.45, 2.75) is 73.9 Å². The van der Waals surface area contributed by atoms with Crippen LogP contribution in [0.25, 0.3) is 55.6 Å². The van der Waals surface area contributed by atoms with E-state index in [1.165, 1.54) is 6.07 Å². The number of furan rings is 1. The Labute approximate surface area is 335 Å². The van der Waals surface area contributed by atoms with Gasteiger partial charge in [0.2, 0.25) is 0 Å². The van der Waals surface area contributed by atoms with Gasteiger partial charge in [0.1, 0.15) is 5.58 Å². The molecule has 1 radical (unpaired) electrons. The molecule has 3 nitrogen and oxygen atoms in total. The van der Waals surface area contributed by atoms with E-state index < -0.39 is 33.1 Å². The molecule has 0 saturated carbocycles. The second kappa shape index (κ2) is 16.2. The van der Waals surface area contributed by atoms with E-state index in [1.54, 1.807) is 30.6 Å². The van der Waals surface area contributed by atoms with E-state index in [4.69, 9.17) is 14.0 Å². The summed E-state index contributed by atoms with van der Waals surface area (Å²) in [6.45, 7) is 13.9. The summed E-state index contributed by atoms with van der Waals surface area (Å²) < 4.78 is 63.2. The standard InChI is InChI=1S/C28H24NO.C19H26NSi.Ir/c1-28(2,3)18-19-14-15-29-25(16-19)24-11-7-10-23-22-13-12-21(17-26(22)30-27(23)24)20-8-5-4-6-9-20;1-14(2)11-17-12-18(16-9-7-15(3)8-10-16)20-13-19(17)21(4,5)6;/h4-10,12-17H,18H2,1-3H3;7-9,12-14H,11H2,1-6H3;/q2*-1;/i18D2;3D3,11D2;. The van der Waals surface area contributed by atoms with E-state index >= 15 is 0 Å². The fourth-order valence-corrected chi connectivity index (χ4v) is 7.44. The Morgan fingerprint density at radius 1 is 0.846 bits per heavy atom. The smallest absolute Gasteiger partial charge is 0.121 e. The molecule has 3 heterocycles. The Hall–Kier alpha value is -4.15. The molecule has 7 rings (SSSR count). The first kappa shape index (κ1) is 30.3. The second-order valence-electron chi connectivity index (χ2n) is 15.2. The molecular formula is C47H50IrN2OSi-2. The largest absolute Gasteiger partial charge is 0.501 e. The van der Waals surface area contributed by atoms with Crippen LogP contribution in [-0.4, -0.2) is 18.0 Å². The van der Waals surface area contributed by atoms with E-state index in [2.05, 4.69) is 72.1 Å². The average Bonchev–Trinajstić information content (AvgIpc) is 3.55. The van der Waals surface area contributed by atoms with Crippen molar-refractivity contribution in [2.24, 2.45) is 11.3 Å². The molecule has 0 atom stereocenters. The Morgan fingerprint density at radius 3 is 2.31 bits per heavy atom. The van der Waals surface area contributed by atoms with Crippen molar-refractivity contribution in [3.8, 4) is 33.6 Å². The third kappa shape index (κ3) is 9.44. The number of rotatable bonds is 7. The van der Waals surface area contributed by atoms with Crippen molar-refractivity contribution in [1.82, 2.24) is 9.97 Å². The third-order valence-electron chi connectivity index (χ3n) is 8.32. The molecule has 269 valence electrons. The monoisotopic (exact) mass is 886 g/mol. The molecule has 0 fully saturated rings. The average molecular weight is 886 g/mol. The second-order valence-corrected chi connectivity index (χ2v) is 20.3. The van der Waals surface area contributed by atoms with Crippen LogP contribution in [0.4, 0.5) is 0 Å². The Bertz CT molecular complexity index is 2560. The number of benzene rings is 4. The summed E-state index contributed by atoms with van der Waals surface area (Å²) >= 11 is 0. The van der Waals surface area contributed by atoms with Crippen LogP contribution in [0, 0.1) is 30.3 Å². The van der Waals surface area contributed by atoms with Gasteiger partial charge >= 0.3 is 0 Å². The van der Waals surface area contributed by atoms with Gasteiger partial charge in [0.15, 0.2) is 0 Å². The zero-order valence-electron chi connectivity index (χ0n) is 38.1. The predicted molar refractivity (Wildman–Crippen MR) is 219 cm³/mol. The first-order valence-electron chi connectivity index (χ1n) is 20.9. The van der Waals surface area contributed by atoms with Crippen molar-refractivity contribution < 1.29 is 34.1 Å². The van der Waals surface area contributed by atoms with E-state index in [0.717, 1.165) is 38.2 Å². The summed E-state index contributed by atoms with van der Waals surface area (Å²) in [6.07, 6.45) is 0.489. The van der Waals surface area contributed by atoms with Gasteiger partial charge in [-0.3, -0.25) is 0 Å². The summed E-state index contributed by atoms with van der Waals surface area (Å²) in [5, 5.41) is 3.05. The normalized spacial score (nSPS) is 14.5. The molecule has 0 N–H and O–H groups in total. The molecule has 0 aliphatic rings. The van der Waals surface area contributed by atoms with Crippen molar-refractivity contribution >= 4 is 35.2 Å². The van der Waals surface area contributed by atoms with Gasteiger partial charge in [0.05, 0.1) is 13.7 Å². The van der Waals surface area contributed by atoms with E-state index in [0.29, 0.717) is 33.7 Å². The predicted octanol–water partition coefficient (Wildman–Crippen LogP) is 12.3. The molecule has 52 heavy (non-hydrogen) atoms. The molecular weight excluding hydrogens is 829 g/mol. The third-order valence-corrected chi connectivity index (χ3v) is 10.3.